The Bertz CT molecular complexity index is 1720. The second-order valence-electron chi connectivity index (χ2n) is 19.9. The number of aliphatic hydroxyl groups is 3. The first-order chi connectivity index (χ1) is 29.7. The highest BCUT2D eigenvalue weighted by Gasteiger charge is 2.53. The van der Waals surface area contributed by atoms with Crippen LogP contribution >= 0.6 is 0 Å². The number of carbonyl (C=O) groups is 5. The van der Waals surface area contributed by atoms with Gasteiger partial charge < -0.3 is 34.4 Å². The number of carbonyl (C=O) groups excluding carboxylic acids is 5. The van der Waals surface area contributed by atoms with Crippen molar-refractivity contribution in [2.24, 2.45) is 47.3 Å². The molecule has 4 aliphatic rings. The molecule has 3 heterocycles. The molecule has 15 atom stereocenters. The van der Waals surface area contributed by atoms with Crippen molar-refractivity contribution < 1.29 is 53.5 Å². The maximum atomic E-state index is 14.3. The molecule has 63 heavy (non-hydrogen) atoms. The third kappa shape index (κ3) is 13.9. The number of cyclic esters (lactones) is 1. The second kappa shape index (κ2) is 23.8. The summed E-state index contributed by atoms with van der Waals surface area (Å²) in [5, 5.41) is 33.7. The Morgan fingerprint density at radius 2 is 1.59 bits per heavy atom. The van der Waals surface area contributed by atoms with Crippen LogP contribution in [-0.4, -0.2) is 105 Å². The molecule has 1 amide bonds. The Hall–Kier alpha value is -3.29. The van der Waals surface area contributed by atoms with Crippen LogP contribution in [0.2, 0.25) is 0 Å². The van der Waals surface area contributed by atoms with Gasteiger partial charge in [0, 0.05) is 50.2 Å². The summed E-state index contributed by atoms with van der Waals surface area (Å²) in [4.78, 5) is 71.5. The molecule has 3 fully saturated rings. The molecule has 2 bridgehead atoms. The SMILES string of the molecule is CO[C@H]1C[C@@H]2CC[C@@H](C)[C@@](O)(O2)C(=O)C(=O)N2CCCC[C@H]2C(=O)OC([C@H](C)CC2CC[C@@H](O)[C@H](C)C2)CC(=O)[C@H](C)/C=C(\C)[C@@H](O)[C@@H](C)C(=O)[C@H](C)C[C@H](C)/C=C/C=CC=C1C. The van der Waals surface area contributed by atoms with Gasteiger partial charge in [-0.15, -0.1) is 0 Å². The van der Waals surface area contributed by atoms with Crippen LogP contribution in [0.4, 0.5) is 0 Å². The number of rotatable bonds is 4. The second-order valence-corrected chi connectivity index (χ2v) is 19.9. The summed E-state index contributed by atoms with van der Waals surface area (Å²) in [5.74, 6) is -7.70. The van der Waals surface area contributed by atoms with Gasteiger partial charge in [0.05, 0.1) is 24.4 Å². The van der Waals surface area contributed by atoms with Crippen molar-refractivity contribution in [3.8, 4) is 0 Å². The molecule has 12 nitrogen and oxygen atoms in total. The van der Waals surface area contributed by atoms with Crippen molar-refractivity contribution in [2.45, 2.75) is 182 Å². The van der Waals surface area contributed by atoms with Gasteiger partial charge in [0.15, 0.2) is 0 Å². The van der Waals surface area contributed by atoms with E-state index in [9.17, 15) is 39.3 Å². The summed E-state index contributed by atoms with van der Waals surface area (Å²) < 4.78 is 18.3. The predicted molar refractivity (Wildman–Crippen MR) is 242 cm³/mol. The number of Topliss-reactive ketones (excluding diaryl/α,β-unsaturated/α-hetero) is 3. The van der Waals surface area contributed by atoms with Gasteiger partial charge in [-0.05, 0) is 113 Å². The van der Waals surface area contributed by atoms with Crippen LogP contribution in [-0.2, 0) is 38.2 Å². The Labute approximate surface area is 376 Å². The topological polar surface area (TPSA) is 177 Å². The van der Waals surface area contributed by atoms with Gasteiger partial charge in [-0.25, -0.2) is 4.79 Å². The van der Waals surface area contributed by atoms with Crippen molar-refractivity contribution in [3.63, 3.8) is 0 Å². The molecule has 354 valence electrons. The predicted octanol–water partition coefficient (Wildman–Crippen LogP) is 7.42. The van der Waals surface area contributed by atoms with E-state index in [2.05, 4.69) is 0 Å². The average molecular weight is 882 g/mol. The first kappa shape index (κ1) is 52.3. The van der Waals surface area contributed by atoms with Crippen molar-refractivity contribution in [2.75, 3.05) is 13.7 Å². The molecule has 0 spiro atoms. The Balaban J connectivity index is 1.68. The third-order valence-corrected chi connectivity index (χ3v) is 14.6. The number of ether oxygens (including phenoxy) is 3. The molecule has 4 rings (SSSR count). The fourth-order valence-electron chi connectivity index (χ4n) is 10.2. The van der Waals surface area contributed by atoms with E-state index in [1.54, 1.807) is 40.9 Å². The van der Waals surface area contributed by atoms with Gasteiger partial charge in [0.2, 0.25) is 5.79 Å². The molecule has 2 saturated heterocycles. The summed E-state index contributed by atoms with van der Waals surface area (Å²) in [7, 11) is 1.59. The highest BCUT2D eigenvalue weighted by atomic mass is 16.6. The molecule has 0 aromatic heterocycles. The van der Waals surface area contributed by atoms with E-state index in [0.717, 1.165) is 18.4 Å². The molecule has 0 aromatic carbocycles. The van der Waals surface area contributed by atoms with Gasteiger partial charge in [0.25, 0.3) is 11.7 Å². The van der Waals surface area contributed by atoms with E-state index in [0.29, 0.717) is 56.9 Å². The minimum absolute atomic E-state index is 0.0599. The Morgan fingerprint density at radius 3 is 2.27 bits per heavy atom. The lowest BCUT2D eigenvalue weighted by Gasteiger charge is -2.42. The Morgan fingerprint density at radius 1 is 0.873 bits per heavy atom. The molecule has 0 aromatic rings. The lowest BCUT2D eigenvalue weighted by Crippen LogP contribution is -2.61. The van der Waals surface area contributed by atoms with Crippen molar-refractivity contribution in [3.05, 3.63) is 47.6 Å². The van der Waals surface area contributed by atoms with Gasteiger partial charge in [-0.1, -0.05) is 84.9 Å². The fraction of sp³-hybridized carbons (Fsp3) is 0.745. The van der Waals surface area contributed by atoms with E-state index in [-0.39, 0.29) is 66.6 Å². The lowest BCUT2D eigenvalue weighted by molar-refractivity contribution is -0.265. The first-order valence-electron chi connectivity index (χ1n) is 23.8. The van der Waals surface area contributed by atoms with Crippen molar-refractivity contribution in [1.82, 2.24) is 4.90 Å². The van der Waals surface area contributed by atoms with Gasteiger partial charge in [0.1, 0.15) is 23.7 Å². The quantitative estimate of drug-likeness (QED) is 0.146. The number of piperidine rings is 1. The number of esters is 1. The van der Waals surface area contributed by atoms with Crippen LogP contribution < -0.4 is 0 Å². The summed E-state index contributed by atoms with van der Waals surface area (Å²) in [5.41, 5.74) is 1.40. The molecular formula is C51H79NO11. The number of allylic oxidation sites excluding steroid dienone is 6. The maximum absolute atomic E-state index is 14.3. The number of hydrogen-bond donors (Lipinski definition) is 3. The largest absolute Gasteiger partial charge is 0.460 e. The number of hydrogen-bond acceptors (Lipinski definition) is 11. The lowest BCUT2D eigenvalue weighted by atomic mass is 9.75. The van der Waals surface area contributed by atoms with Crippen LogP contribution in [0.1, 0.15) is 139 Å². The standard InChI is InChI=1S/C51H79NO11/c1-30-16-12-11-13-17-31(2)44(61-10)28-40-21-19-37(8)51(60,63-40)48(57)49(58)52-23-15-14-18-41(52)50(59)62-45(34(5)27-39-20-22-42(53)33(4)26-39)29-43(54)32(3)25-36(7)47(56)38(9)46(55)35(6)24-30/h11-13,16-17,25,30,32-35,37-42,44-45,47,53,56,60H,14-15,18-24,26-29H2,1-10H3/b13-11?,16-12+,31-17?,36-25+/t30-,32-,33-,34-,35-,37-,38+,39?,40+,41+,42-,44+,45?,47-,51-/m1/s1. The number of amides is 1. The smallest absolute Gasteiger partial charge is 0.329 e. The normalized spacial score (nSPS) is 40.0. The van der Waals surface area contributed by atoms with Crippen molar-refractivity contribution >= 4 is 29.2 Å². The summed E-state index contributed by atoms with van der Waals surface area (Å²) in [6.45, 7) is 16.8. The van der Waals surface area contributed by atoms with Crippen LogP contribution in [0.3, 0.4) is 0 Å². The summed E-state index contributed by atoms with van der Waals surface area (Å²) >= 11 is 0. The number of aliphatic hydroxyl groups excluding tert-OH is 2. The van der Waals surface area contributed by atoms with Crippen molar-refractivity contribution in [1.29, 1.82) is 0 Å². The highest BCUT2D eigenvalue weighted by Crippen LogP contribution is 2.38. The monoisotopic (exact) mass is 882 g/mol. The molecule has 12 heteroatoms. The Kier molecular flexibility index (Phi) is 19.7. The number of ketones is 3. The minimum atomic E-state index is -2.41. The van der Waals surface area contributed by atoms with Gasteiger partial charge in [-0.2, -0.15) is 0 Å². The van der Waals surface area contributed by atoms with E-state index >= 15 is 0 Å². The number of methoxy groups -OCH3 is 1. The molecular weight excluding hydrogens is 803 g/mol. The number of fused-ring (bicyclic) bond motifs is 3. The minimum Gasteiger partial charge on any atom is -0.460 e. The van der Waals surface area contributed by atoms with Gasteiger partial charge >= 0.3 is 5.97 Å². The zero-order chi connectivity index (χ0) is 46.8. The molecule has 3 aliphatic heterocycles. The van der Waals surface area contributed by atoms with Crippen LogP contribution in [0.15, 0.2) is 47.6 Å². The third-order valence-electron chi connectivity index (χ3n) is 14.6. The fourth-order valence-corrected chi connectivity index (χ4v) is 10.2. The van der Waals surface area contributed by atoms with Crippen LogP contribution in [0.25, 0.3) is 0 Å². The van der Waals surface area contributed by atoms with Gasteiger partial charge in [-0.3, -0.25) is 19.2 Å². The zero-order valence-corrected chi connectivity index (χ0v) is 39.8. The van der Waals surface area contributed by atoms with Crippen LogP contribution in [0, 0.1) is 47.3 Å². The summed E-state index contributed by atoms with van der Waals surface area (Å²) in [6.07, 6.45) is 14.2. The van der Waals surface area contributed by atoms with E-state index in [1.165, 1.54) is 4.90 Å². The molecule has 1 aliphatic carbocycles. The van der Waals surface area contributed by atoms with E-state index in [4.69, 9.17) is 14.2 Å². The molecule has 0 radical (unpaired) electrons. The molecule has 1 saturated carbocycles. The van der Waals surface area contributed by atoms with Crippen LogP contribution in [0.5, 0.6) is 0 Å². The highest BCUT2D eigenvalue weighted by molar-refractivity contribution is 6.39. The van der Waals surface area contributed by atoms with E-state index < -0.39 is 71.7 Å². The number of nitrogens with zero attached hydrogens (tertiary/aromatic N) is 1. The first-order valence-corrected chi connectivity index (χ1v) is 23.8. The zero-order valence-electron chi connectivity index (χ0n) is 39.8. The molecule has 2 unspecified atom stereocenters. The average Bonchev–Trinajstić information content (AvgIpc) is 3.25. The maximum Gasteiger partial charge on any atom is 0.329 e. The van der Waals surface area contributed by atoms with E-state index in [1.807, 2.05) is 65.0 Å². The summed E-state index contributed by atoms with van der Waals surface area (Å²) in [6, 6.07) is -1.10. The molecule has 3 N–H and O–H groups in total.